The van der Waals surface area contributed by atoms with Gasteiger partial charge in [-0.05, 0) is 13.0 Å². The van der Waals surface area contributed by atoms with Crippen molar-refractivity contribution in [2.45, 2.75) is 13.3 Å². The van der Waals surface area contributed by atoms with Gasteiger partial charge in [-0.1, -0.05) is 0 Å². The zero-order valence-electron chi connectivity index (χ0n) is 7.34. The number of ether oxygens (including phenoxy) is 1. The van der Waals surface area contributed by atoms with Crippen LogP contribution in [0.4, 0.5) is 14.5 Å². The van der Waals surface area contributed by atoms with Gasteiger partial charge in [-0.15, -0.1) is 0 Å². The van der Waals surface area contributed by atoms with Crippen LogP contribution in [-0.4, -0.2) is 12.1 Å². The predicted octanol–water partition coefficient (Wildman–Crippen LogP) is 1.92. The Morgan fingerprint density at radius 1 is 1.54 bits per heavy atom. The Morgan fingerprint density at radius 2 is 2.15 bits per heavy atom. The number of rotatable bonds is 2. The van der Waals surface area contributed by atoms with E-state index >= 15 is 0 Å². The molecule has 0 atom stereocenters. The quantitative estimate of drug-likeness (QED) is 0.771. The SMILES string of the molecule is COc1nc(C)cc(N)c1C(F)F. The summed E-state index contributed by atoms with van der Waals surface area (Å²) in [5.41, 5.74) is 5.63. The summed E-state index contributed by atoms with van der Waals surface area (Å²) < 4.78 is 29.5. The Hall–Kier alpha value is -1.39. The number of pyridine rings is 1. The fourth-order valence-electron chi connectivity index (χ4n) is 1.05. The van der Waals surface area contributed by atoms with Gasteiger partial charge >= 0.3 is 0 Å². The van der Waals surface area contributed by atoms with E-state index in [0.717, 1.165) is 0 Å². The van der Waals surface area contributed by atoms with Gasteiger partial charge in [0.1, 0.15) is 5.56 Å². The molecule has 0 aliphatic rings. The number of hydrogen-bond donors (Lipinski definition) is 1. The zero-order chi connectivity index (χ0) is 10.0. The summed E-state index contributed by atoms with van der Waals surface area (Å²) in [6, 6.07) is 1.39. The molecule has 13 heavy (non-hydrogen) atoms. The molecule has 1 aromatic rings. The molecule has 0 unspecified atom stereocenters. The van der Waals surface area contributed by atoms with E-state index in [2.05, 4.69) is 4.98 Å². The number of nitrogen functional groups attached to an aromatic ring is 1. The molecule has 0 saturated heterocycles. The zero-order valence-corrected chi connectivity index (χ0v) is 7.34. The molecule has 0 amide bonds. The fraction of sp³-hybridized carbons (Fsp3) is 0.375. The maximum absolute atomic E-state index is 12.4. The third-order valence-electron chi connectivity index (χ3n) is 1.60. The molecule has 1 aromatic heterocycles. The largest absolute Gasteiger partial charge is 0.481 e. The van der Waals surface area contributed by atoms with Gasteiger partial charge in [-0.2, -0.15) is 0 Å². The van der Waals surface area contributed by atoms with Crippen LogP contribution in [-0.2, 0) is 0 Å². The molecule has 0 aliphatic carbocycles. The van der Waals surface area contributed by atoms with E-state index in [9.17, 15) is 8.78 Å². The van der Waals surface area contributed by atoms with Crippen LogP contribution in [0, 0.1) is 6.92 Å². The molecule has 3 nitrogen and oxygen atoms in total. The third kappa shape index (κ3) is 1.85. The molecular weight excluding hydrogens is 178 g/mol. The van der Waals surface area contributed by atoms with Crippen molar-refractivity contribution in [1.29, 1.82) is 0 Å². The highest BCUT2D eigenvalue weighted by Gasteiger charge is 2.19. The Balaban J connectivity index is 3.30. The lowest BCUT2D eigenvalue weighted by atomic mass is 10.2. The molecular formula is C8H10F2N2O. The van der Waals surface area contributed by atoms with Crippen molar-refractivity contribution in [3.8, 4) is 5.88 Å². The van der Waals surface area contributed by atoms with Crippen molar-refractivity contribution < 1.29 is 13.5 Å². The Bertz CT molecular complexity index is 315. The van der Waals surface area contributed by atoms with Gasteiger partial charge in [0.25, 0.3) is 6.43 Å². The minimum atomic E-state index is -2.66. The van der Waals surface area contributed by atoms with Gasteiger partial charge in [0.05, 0.1) is 7.11 Å². The number of aryl methyl sites for hydroxylation is 1. The van der Waals surface area contributed by atoms with Gasteiger partial charge < -0.3 is 10.5 Å². The average molecular weight is 188 g/mol. The molecule has 0 radical (unpaired) electrons. The molecule has 0 saturated carbocycles. The number of aromatic nitrogens is 1. The topological polar surface area (TPSA) is 48.1 Å². The number of alkyl halides is 2. The Kier molecular flexibility index (Phi) is 2.65. The summed E-state index contributed by atoms with van der Waals surface area (Å²) in [5, 5.41) is 0. The third-order valence-corrected chi connectivity index (χ3v) is 1.60. The summed E-state index contributed by atoms with van der Waals surface area (Å²) in [5.74, 6) is -0.104. The van der Waals surface area contributed by atoms with E-state index < -0.39 is 6.43 Å². The molecule has 1 heterocycles. The van der Waals surface area contributed by atoms with Gasteiger partial charge in [0.2, 0.25) is 5.88 Å². The summed E-state index contributed by atoms with van der Waals surface area (Å²) in [7, 11) is 1.28. The predicted molar refractivity (Wildman–Crippen MR) is 44.9 cm³/mol. The minimum Gasteiger partial charge on any atom is -0.481 e. The molecule has 0 spiro atoms. The van der Waals surface area contributed by atoms with E-state index in [0.29, 0.717) is 5.69 Å². The Morgan fingerprint density at radius 3 is 2.62 bits per heavy atom. The van der Waals surface area contributed by atoms with E-state index in [-0.39, 0.29) is 17.1 Å². The van der Waals surface area contributed by atoms with E-state index in [4.69, 9.17) is 10.5 Å². The van der Waals surface area contributed by atoms with Crippen molar-refractivity contribution in [1.82, 2.24) is 4.98 Å². The molecule has 0 fully saturated rings. The molecule has 0 aromatic carbocycles. The van der Waals surface area contributed by atoms with Crippen LogP contribution in [0.3, 0.4) is 0 Å². The van der Waals surface area contributed by atoms with Gasteiger partial charge in [0, 0.05) is 11.4 Å². The fourth-order valence-corrected chi connectivity index (χ4v) is 1.05. The molecule has 72 valence electrons. The average Bonchev–Trinajstić information content (AvgIpc) is 2.01. The lowest BCUT2D eigenvalue weighted by Crippen LogP contribution is -2.02. The summed E-state index contributed by atoms with van der Waals surface area (Å²) in [6.07, 6.45) is -2.66. The van der Waals surface area contributed by atoms with Crippen molar-refractivity contribution in [3.63, 3.8) is 0 Å². The van der Waals surface area contributed by atoms with Crippen molar-refractivity contribution in [2.24, 2.45) is 0 Å². The molecule has 5 heteroatoms. The van der Waals surface area contributed by atoms with E-state index in [1.54, 1.807) is 6.92 Å². The first-order chi connectivity index (χ1) is 6.06. The number of nitrogens with zero attached hydrogens (tertiary/aromatic N) is 1. The maximum atomic E-state index is 12.4. The Labute approximate surface area is 74.5 Å². The van der Waals surface area contributed by atoms with Crippen LogP contribution in [0.5, 0.6) is 5.88 Å². The van der Waals surface area contributed by atoms with Crippen molar-refractivity contribution in [2.75, 3.05) is 12.8 Å². The van der Waals surface area contributed by atoms with Crippen LogP contribution >= 0.6 is 0 Å². The highest BCUT2D eigenvalue weighted by Crippen LogP contribution is 2.32. The highest BCUT2D eigenvalue weighted by molar-refractivity contribution is 5.53. The smallest absolute Gasteiger partial charge is 0.271 e. The number of methoxy groups -OCH3 is 1. The summed E-state index contributed by atoms with van der Waals surface area (Å²) in [6.45, 7) is 1.66. The van der Waals surface area contributed by atoms with Crippen LogP contribution in [0.2, 0.25) is 0 Å². The van der Waals surface area contributed by atoms with Crippen LogP contribution in [0.1, 0.15) is 17.7 Å². The number of hydrogen-bond acceptors (Lipinski definition) is 3. The second-order valence-corrected chi connectivity index (χ2v) is 2.58. The van der Waals surface area contributed by atoms with Gasteiger partial charge in [-0.25, -0.2) is 13.8 Å². The monoisotopic (exact) mass is 188 g/mol. The van der Waals surface area contributed by atoms with Gasteiger partial charge in [-0.3, -0.25) is 0 Å². The standard InChI is InChI=1S/C8H10F2N2O/c1-4-3-5(11)6(7(9)10)8(12-4)13-2/h3,7H,1-2H3,(H2,11,12). The van der Waals surface area contributed by atoms with Crippen molar-refractivity contribution in [3.05, 3.63) is 17.3 Å². The molecule has 0 bridgehead atoms. The maximum Gasteiger partial charge on any atom is 0.271 e. The number of nitrogens with two attached hydrogens (primary N) is 1. The second-order valence-electron chi connectivity index (χ2n) is 2.58. The molecule has 0 aliphatic heterocycles. The van der Waals surface area contributed by atoms with Crippen molar-refractivity contribution >= 4 is 5.69 Å². The lowest BCUT2D eigenvalue weighted by molar-refractivity contribution is 0.147. The normalized spacial score (nSPS) is 10.5. The minimum absolute atomic E-state index is 0.0133. The van der Waals surface area contributed by atoms with E-state index in [1.165, 1.54) is 13.2 Å². The van der Waals surface area contributed by atoms with Crippen LogP contribution in [0.15, 0.2) is 6.07 Å². The first kappa shape index (κ1) is 9.70. The lowest BCUT2D eigenvalue weighted by Gasteiger charge is -2.09. The van der Waals surface area contributed by atoms with Crippen LogP contribution in [0.25, 0.3) is 0 Å². The van der Waals surface area contributed by atoms with Gasteiger partial charge in [0.15, 0.2) is 0 Å². The highest BCUT2D eigenvalue weighted by atomic mass is 19.3. The summed E-state index contributed by atoms with van der Waals surface area (Å²) >= 11 is 0. The number of halogens is 2. The van der Waals surface area contributed by atoms with Crippen LogP contribution < -0.4 is 10.5 Å². The first-order valence-electron chi connectivity index (χ1n) is 3.65. The molecule has 1 rings (SSSR count). The second kappa shape index (κ2) is 3.55. The first-order valence-corrected chi connectivity index (χ1v) is 3.65. The molecule has 2 N–H and O–H groups in total. The number of anilines is 1. The van der Waals surface area contributed by atoms with E-state index in [1.807, 2.05) is 0 Å². The summed E-state index contributed by atoms with van der Waals surface area (Å²) in [4.78, 5) is 3.79.